The van der Waals surface area contributed by atoms with Gasteiger partial charge in [-0.1, -0.05) is 6.92 Å². The molecule has 0 aliphatic heterocycles. The van der Waals surface area contributed by atoms with Gasteiger partial charge in [-0.05, 0) is 47.2 Å². The molecule has 0 aliphatic carbocycles. The van der Waals surface area contributed by atoms with Crippen LogP contribution in [0.5, 0.6) is 5.75 Å². The van der Waals surface area contributed by atoms with Crippen molar-refractivity contribution in [1.82, 2.24) is 4.90 Å². The molecular weight excluding hydrogens is 349 g/mol. The number of halogens is 1. The van der Waals surface area contributed by atoms with E-state index in [1.165, 1.54) is 18.0 Å². The summed E-state index contributed by atoms with van der Waals surface area (Å²) >= 11 is 1.94. The Hall–Kier alpha value is -1.31. The maximum Gasteiger partial charge on any atom is 0.326 e. The van der Waals surface area contributed by atoms with Crippen molar-refractivity contribution >= 4 is 34.5 Å². The summed E-state index contributed by atoms with van der Waals surface area (Å²) in [6.07, 6.45) is 0.327. The van der Waals surface area contributed by atoms with Crippen molar-refractivity contribution in [2.45, 2.75) is 19.4 Å². The van der Waals surface area contributed by atoms with Crippen LogP contribution >= 0.6 is 22.6 Å². The van der Waals surface area contributed by atoms with Crippen LogP contribution in [0.4, 0.5) is 0 Å². The van der Waals surface area contributed by atoms with E-state index in [2.05, 4.69) is 0 Å². The van der Waals surface area contributed by atoms with Crippen LogP contribution in [0, 0.1) is 3.57 Å². The third-order valence-electron chi connectivity index (χ3n) is 2.65. The smallest absolute Gasteiger partial charge is 0.326 e. The molecule has 0 spiro atoms. The van der Waals surface area contributed by atoms with Crippen LogP contribution in [-0.2, 0) is 4.79 Å². The minimum atomic E-state index is -1.04. The number of carbonyl (C=O) groups is 2. The molecule has 98 valence electrons. The van der Waals surface area contributed by atoms with Gasteiger partial charge in [0.15, 0.2) is 0 Å². The Morgan fingerprint density at radius 1 is 1.44 bits per heavy atom. The van der Waals surface area contributed by atoms with Gasteiger partial charge in [0.2, 0.25) is 0 Å². The number of carboxylic acids is 1. The standard InChI is InChI=1S/C12H14INO4/c1-3-9(12(17)18)14(2)11(16)7-4-5-8(13)10(15)6-7/h4-6,9,15H,3H2,1-2H3,(H,17,18). The summed E-state index contributed by atoms with van der Waals surface area (Å²) in [5, 5.41) is 18.5. The number of benzene rings is 1. The first kappa shape index (κ1) is 14.7. The third kappa shape index (κ3) is 3.12. The molecule has 1 aromatic rings. The van der Waals surface area contributed by atoms with Crippen molar-refractivity contribution < 1.29 is 19.8 Å². The van der Waals surface area contributed by atoms with Crippen LogP contribution in [0.2, 0.25) is 0 Å². The van der Waals surface area contributed by atoms with E-state index >= 15 is 0 Å². The minimum absolute atomic E-state index is 0.0122. The van der Waals surface area contributed by atoms with E-state index in [1.807, 2.05) is 22.6 Å². The van der Waals surface area contributed by atoms with Gasteiger partial charge in [-0.25, -0.2) is 4.79 Å². The average Bonchev–Trinajstić information content (AvgIpc) is 2.32. The lowest BCUT2D eigenvalue weighted by atomic mass is 10.1. The first-order chi connectivity index (χ1) is 8.38. The summed E-state index contributed by atoms with van der Waals surface area (Å²) in [5.41, 5.74) is 0.273. The van der Waals surface area contributed by atoms with Crippen molar-refractivity contribution in [3.8, 4) is 5.75 Å². The summed E-state index contributed by atoms with van der Waals surface area (Å²) in [5.74, 6) is -1.45. The number of likely N-dealkylation sites (N-methyl/N-ethyl adjacent to an activating group) is 1. The molecular formula is C12H14INO4. The normalized spacial score (nSPS) is 11.9. The van der Waals surface area contributed by atoms with Crippen molar-refractivity contribution in [1.29, 1.82) is 0 Å². The fraction of sp³-hybridized carbons (Fsp3) is 0.333. The zero-order chi connectivity index (χ0) is 13.9. The maximum atomic E-state index is 12.1. The lowest BCUT2D eigenvalue weighted by molar-refractivity contribution is -0.142. The Labute approximate surface area is 119 Å². The molecule has 18 heavy (non-hydrogen) atoms. The number of amides is 1. The molecule has 0 radical (unpaired) electrons. The highest BCUT2D eigenvalue weighted by Crippen LogP contribution is 2.21. The third-order valence-corrected chi connectivity index (χ3v) is 3.56. The van der Waals surface area contributed by atoms with Gasteiger partial charge in [-0.2, -0.15) is 0 Å². The molecule has 0 saturated carbocycles. The summed E-state index contributed by atoms with van der Waals surface area (Å²) < 4.78 is 0.636. The van der Waals surface area contributed by atoms with Crippen molar-refractivity contribution in [3.63, 3.8) is 0 Å². The lowest BCUT2D eigenvalue weighted by Crippen LogP contribution is -2.41. The summed E-state index contributed by atoms with van der Waals surface area (Å²) in [6, 6.07) is 3.65. The van der Waals surface area contributed by atoms with Crippen molar-refractivity contribution in [2.24, 2.45) is 0 Å². The average molecular weight is 363 g/mol. The molecule has 6 heteroatoms. The molecule has 0 aromatic heterocycles. The molecule has 0 heterocycles. The van der Waals surface area contributed by atoms with Gasteiger partial charge in [0.05, 0.1) is 3.57 Å². The van der Waals surface area contributed by atoms with E-state index in [0.29, 0.717) is 9.99 Å². The molecule has 0 saturated heterocycles. The molecule has 2 N–H and O–H groups in total. The predicted octanol–water partition coefficient (Wildman–Crippen LogP) is 1.93. The van der Waals surface area contributed by atoms with Gasteiger partial charge in [-0.3, -0.25) is 4.79 Å². The van der Waals surface area contributed by atoms with E-state index in [-0.39, 0.29) is 11.3 Å². The van der Waals surface area contributed by atoms with E-state index in [0.717, 1.165) is 0 Å². The highest BCUT2D eigenvalue weighted by molar-refractivity contribution is 14.1. The second-order valence-electron chi connectivity index (χ2n) is 3.84. The zero-order valence-corrected chi connectivity index (χ0v) is 12.2. The molecule has 1 atom stereocenters. The Kier molecular flexibility index (Phi) is 4.94. The van der Waals surface area contributed by atoms with Gasteiger partial charge < -0.3 is 15.1 Å². The number of phenolic OH excluding ortho intramolecular Hbond substituents is 1. The first-order valence-electron chi connectivity index (χ1n) is 5.37. The fourth-order valence-electron chi connectivity index (χ4n) is 1.61. The molecule has 0 bridgehead atoms. The molecule has 0 fully saturated rings. The zero-order valence-electron chi connectivity index (χ0n) is 10.1. The van der Waals surface area contributed by atoms with Crippen LogP contribution in [0.3, 0.4) is 0 Å². The van der Waals surface area contributed by atoms with Crippen LogP contribution in [0.1, 0.15) is 23.7 Å². The minimum Gasteiger partial charge on any atom is -0.507 e. The Balaban J connectivity index is 2.99. The number of carboxylic acid groups (broad SMARTS) is 1. The number of nitrogens with zero attached hydrogens (tertiary/aromatic N) is 1. The SMILES string of the molecule is CCC(C(=O)O)N(C)C(=O)c1ccc(I)c(O)c1. The number of aromatic hydroxyl groups is 1. The van der Waals surface area contributed by atoms with E-state index < -0.39 is 17.9 Å². The van der Waals surface area contributed by atoms with Gasteiger partial charge in [0, 0.05) is 12.6 Å². The fourth-order valence-corrected chi connectivity index (χ4v) is 1.94. The van der Waals surface area contributed by atoms with E-state index in [1.54, 1.807) is 19.1 Å². The second-order valence-corrected chi connectivity index (χ2v) is 5.01. The topological polar surface area (TPSA) is 77.8 Å². The van der Waals surface area contributed by atoms with Gasteiger partial charge in [0.25, 0.3) is 5.91 Å². The van der Waals surface area contributed by atoms with Gasteiger partial charge >= 0.3 is 5.97 Å². The highest BCUT2D eigenvalue weighted by Gasteiger charge is 2.25. The maximum absolute atomic E-state index is 12.1. The van der Waals surface area contributed by atoms with Crippen molar-refractivity contribution in [2.75, 3.05) is 7.05 Å². The molecule has 0 aliphatic rings. The van der Waals surface area contributed by atoms with Crippen molar-refractivity contribution in [3.05, 3.63) is 27.3 Å². The van der Waals surface area contributed by atoms with Crippen LogP contribution in [0.15, 0.2) is 18.2 Å². The molecule has 1 unspecified atom stereocenters. The first-order valence-corrected chi connectivity index (χ1v) is 6.44. The van der Waals surface area contributed by atoms with Gasteiger partial charge in [-0.15, -0.1) is 0 Å². The van der Waals surface area contributed by atoms with Gasteiger partial charge in [0.1, 0.15) is 11.8 Å². The molecule has 1 amide bonds. The summed E-state index contributed by atoms with van der Waals surface area (Å²) in [4.78, 5) is 24.2. The van der Waals surface area contributed by atoms with E-state index in [4.69, 9.17) is 5.11 Å². The highest BCUT2D eigenvalue weighted by atomic mass is 127. The Bertz CT molecular complexity index is 475. The van der Waals surface area contributed by atoms with Crippen LogP contribution < -0.4 is 0 Å². The lowest BCUT2D eigenvalue weighted by Gasteiger charge is -2.23. The van der Waals surface area contributed by atoms with Crippen LogP contribution in [0.25, 0.3) is 0 Å². The number of phenols is 1. The summed E-state index contributed by atoms with van der Waals surface area (Å²) in [6.45, 7) is 1.70. The monoisotopic (exact) mass is 363 g/mol. The Morgan fingerprint density at radius 3 is 2.50 bits per heavy atom. The van der Waals surface area contributed by atoms with Crippen LogP contribution in [-0.4, -0.2) is 40.1 Å². The summed E-state index contributed by atoms with van der Waals surface area (Å²) in [7, 11) is 1.44. The quantitative estimate of drug-likeness (QED) is 0.802. The number of carbonyl (C=O) groups excluding carboxylic acids is 1. The largest absolute Gasteiger partial charge is 0.507 e. The molecule has 5 nitrogen and oxygen atoms in total. The van der Waals surface area contributed by atoms with E-state index in [9.17, 15) is 14.7 Å². The Morgan fingerprint density at radius 2 is 2.06 bits per heavy atom. The second kappa shape index (κ2) is 6.03. The number of hydrogen-bond donors (Lipinski definition) is 2. The number of aliphatic carboxylic acids is 1. The number of rotatable bonds is 4. The number of hydrogen-bond acceptors (Lipinski definition) is 3. The molecule has 1 rings (SSSR count). The molecule has 1 aromatic carbocycles. The predicted molar refractivity (Wildman–Crippen MR) is 74.6 cm³/mol.